The lowest BCUT2D eigenvalue weighted by Crippen LogP contribution is -2.34. The highest BCUT2D eigenvalue weighted by Gasteiger charge is 2.36. The van der Waals surface area contributed by atoms with Crippen LogP contribution in [0.4, 0.5) is 26.3 Å². The maximum Gasteiger partial charge on any atom is 0.416 e. The van der Waals surface area contributed by atoms with Crippen molar-refractivity contribution < 1.29 is 36.2 Å². The molecule has 3 heterocycles. The van der Waals surface area contributed by atoms with E-state index in [2.05, 4.69) is 4.98 Å². The first kappa shape index (κ1) is 25.3. The number of benzene rings is 2. The van der Waals surface area contributed by atoms with Crippen molar-refractivity contribution in [3.63, 3.8) is 0 Å². The summed E-state index contributed by atoms with van der Waals surface area (Å²) in [7, 11) is 0. The van der Waals surface area contributed by atoms with Crippen molar-refractivity contribution in [2.24, 2.45) is 0 Å². The summed E-state index contributed by atoms with van der Waals surface area (Å²) in [4.78, 5) is 41.1. The number of H-pyrrole nitrogens is 1. The van der Waals surface area contributed by atoms with E-state index in [0.29, 0.717) is 16.7 Å². The quantitative estimate of drug-likeness (QED) is 0.288. The number of fused-ring (bicyclic) bond motifs is 2. The molecule has 2 aromatic carbocycles. The van der Waals surface area contributed by atoms with Gasteiger partial charge in [0.25, 0.3) is 5.56 Å². The van der Waals surface area contributed by atoms with Gasteiger partial charge in [0.15, 0.2) is 5.69 Å². The molecule has 0 aliphatic carbocycles. The van der Waals surface area contributed by atoms with E-state index in [9.17, 15) is 45.8 Å². The van der Waals surface area contributed by atoms with Crippen LogP contribution in [0.5, 0.6) is 0 Å². The highest BCUT2D eigenvalue weighted by molar-refractivity contribution is 7.09. The summed E-state index contributed by atoms with van der Waals surface area (Å²) in [5, 5.41) is 12.4. The second kappa shape index (κ2) is 8.62. The number of nitrogens with one attached hydrogen (secondary N) is 1. The molecule has 196 valence electrons. The minimum atomic E-state index is -4.88. The summed E-state index contributed by atoms with van der Waals surface area (Å²) in [5.41, 5.74) is -6.41. The number of aromatic amines is 1. The van der Waals surface area contributed by atoms with E-state index in [0.717, 1.165) is 40.2 Å². The Kier molecular flexibility index (Phi) is 5.74. The third-order valence-electron chi connectivity index (χ3n) is 5.98. The predicted molar refractivity (Wildman–Crippen MR) is 126 cm³/mol. The number of carbonyl (C=O) groups is 1. The van der Waals surface area contributed by atoms with Crippen molar-refractivity contribution in [2.45, 2.75) is 18.9 Å². The second-order valence-electron chi connectivity index (χ2n) is 8.24. The fourth-order valence-corrected chi connectivity index (χ4v) is 5.13. The van der Waals surface area contributed by atoms with E-state index < -0.39 is 64.0 Å². The van der Waals surface area contributed by atoms with Gasteiger partial charge in [0, 0.05) is 22.7 Å². The van der Waals surface area contributed by atoms with Gasteiger partial charge in [-0.2, -0.15) is 26.3 Å². The molecule has 5 rings (SSSR count). The summed E-state index contributed by atoms with van der Waals surface area (Å²) < 4.78 is 83.0. The highest BCUT2D eigenvalue weighted by Crippen LogP contribution is 2.37. The summed E-state index contributed by atoms with van der Waals surface area (Å²) >= 11 is 1.05. The summed E-state index contributed by atoms with van der Waals surface area (Å²) in [6.45, 7) is -0.730. The maximum absolute atomic E-state index is 13.7. The van der Waals surface area contributed by atoms with Crippen LogP contribution in [0.3, 0.4) is 0 Å². The first-order valence-electron chi connectivity index (χ1n) is 10.6. The molecule has 0 aliphatic rings. The molecule has 14 heteroatoms. The zero-order valence-corrected chi connectivity index (χ0v) is 19.5. The number of aromatic nitrogens is 3. The minimum Gasteiger partial charge on any atom is -0.477 e. The third kappa shape index (κ3) is 4.06. The average Bonchev–Trinajstić information content (AvgIpc) is 3.41. The molecule has 0 bridgehead atoms. The van der Waals surface area contributed by atoms with Crippen LogP contribution in [0.15, 0.2) is 62.8 Å². The van der Waals surface area contributed by atoms with E-state index in [1.165, 1.54) is 16.8 Å². The van der Waals surface area contributed by atoms with Crippen molar-refractivity contribution in [3.8, 4) is 5.69 Å². The molecule has 0 saturated heterocycles. The van der Waals surface area contributed by atoms with Crippen molar-refractivity contribution >= 4 is 39.1 Å². The Hall–Kier alpha value is -4.33. The molecular formula is C24H13F6N3O4S. The molecule has 0 radical (unpaired) electrons. The number of rotatable bonds is 4. The summed E-state index contributed by atoms with van der Waals surface area (Å²) in [6.07, 6.45) is -9.69. The molecule has 0 aliphatic heterocycles. The van der Waals surface area contributed by atoms with E-state index in [4.69, 9.17) is 0 Å². The number of hydrogen-bond donors (Lipinski definition) is 2. The fourth-order valence-electron chi connectivity index (χ4n) is 4.37. The molecule has 0 spiro atoms. The number of aromatic carboxylic acids is 1. The molecule has 0 fully saturated rings. The topological polar surface area (TPSA) is 97.1 Å². The largest absolute Gasteiger partial charge is 0.477 e. The highest BCUT2D eigenvalue weighted by atomic mass is 32.1. The van der Waals surface area contributed by atoms with Crippen molar-refractivity contribution in [2.75, 3.05) is 0 Å². The molecular weight excluding hydrogens is 540 g/mol. The number of thiophene rings is 1. The maximum atomic E-state index is 13.7. The lowest BCUT2D eigenvalue weighted by molar-refractivity contribution is -0.138. The summed E-state index contributed by atoms with van der Waals surface area (Å²) in [5.74, 6) is -1.77. The van der Waals surface area contributed by atoms with Crippen LogP contribution in [-0.2, 0) is 18.9 Å². The Labute approximate surface area is 210 Å². The van der Waals surface area contributed by atoms with Gasteiger partial charge in [-0.25, -0.2) is 14.2 Å². The molecule has 0 amide bonds. The third-order valence-corrected chi connectivity index (χ3v) is 6.73. The molecule has 5 aromatic rings. The van der Waals surface area contributed by atoms with Gasteiger partial charge in [0.1, 0.15) is 0 Å². The van der Waals surface area contributed by atoms with Gasteiger partial charge in [-0.05, 0) is 29.8 Å². The Morgan fingerprint density at radius 1 is 0.947 bits per heavy atom. The van der Waals surface area contributed by atoms with E-state index >= 15 is 0 Å². The van der Waals surface area contributed by atoms with Gasteiger partial charge in [-0.3, -0.25) is 4.79 Å². The smallest absolute Gasteiger partial charge is 0.416 e. The Balaban J connectivity index is 1.92. The van der Waals surface area contributed by atoms with E-state index in [1.54, 1.807) is 0 Å². The van der Waals surface area contributed by atoms with Crippen LogP contribution in [-0.4, -0.2) is 25.2 Å². The zero-order valence-electron chi connectivity index (χ0n) is 18.6. The molecule has 7 nitrogen and oxygen atoms in total. The molecule has 0 unspecified atom stereocenters. The Morgan fingerprint density at radius 3 is 2.32 bits per heavy atom. The fraction of sp³-hybridized carbons (Fsp3) is 0.125. The zero-order chi connectivity index (χ0) is 27.6. The number of carboxylic acids is 1. The molecule has 38 heavy (non-hydrogen) atoms. The SMILES string of the molecule is O=C(O)c1c(-n2c(=O)[nH]c3cscc3c2=O)c2cc(C(F)(F)F)ccc2n1Cc1ccccc1C(F)(F)F. The lowest BCUT2D eigenvalue weighted by atomic mass is 10.1. The number of alkyl halides is 6. The van der Waals surface area contributed by atoms with Crippen molar-refractivity contribution in [1.82, 2.24) is 14.1 Å². The van der Waals surface area contributed by atoms with Crippen LogP contribution < -0.4 is 11.2 Å². The van der Waals surface area contributed by atoms with Gasteiger partial charge in [0.2, 0.25) is 0 Å². The monoisotopic (exact) mass is 553 g/mol. The standard InChI is InChI=1S/C24H13F6N3O4S/c25-23(26,27)12-5-6-17-13(7-12)18(33-20(34)14-9-38-10-16(14)31-22(33)37)19(21(35)36)32(17)8-11-3-1-2-4-15(11)24(28,29)30/h1-7,9-10H,8H2,(H,31,37)(H,35,36). The number of carboxylic acid groups (broad SMARTS) is 1. The number of halogens is 6. The lowest BCUT2D eigenvalue weighted by Gasteiger charge is -2.15. The minimum absolute atomic E-state index is 0.0266. The number of nitrogens with zero attached hydrogens (tertiary/aromatic N) is 2. The first-order chi connectivity index (χ1) is 17.8. The van der Waals surface area contributed by atoms with E-state index in [-0.39, 0.29) is 22.0 Å². The van der Waals surface area contributed by atoms with Gasteiger partial charge in [-0.1, -0.05) is 18.2 Å². The molecule has 3 aromatic heterocycles. The number of hydrogen-bond acceptors (Lipinski definition) is 4. The Bertz CT molecular complexity index is 1860. The predicted octanol–water partition coefficient (Wildman–Crippen LogP) is 5.48. The normalized spacial score (nSPS) is 12.5. The van der Waals surface area contributed by atoms with Gasteiger partial charge >= 0.3 is 24.0 Å². The van der Waals surface area contributed by atoms with Crippen molar-refractivity contribution in [3.05, 3.63) is 96.4 Å². The van der Waals surface area contributed by atoms with Gasteiger partial charge < -0.3 is 14.7 Å². The summed E-state index contributed by atoms with van der Waals surface area (Å²) in [6, 6.07) is 6.40. The van der Waals surface area contributed by atoms with Gasteiger partial charge in [-0.15, -0.1) is 11.3 Å². The van der Waals surface area contributed by atoms with Crippen LogP contribution in [0.2, 0.25) is 0 Å². The van der Waals surface area contributed by atoms with Crippen molar-refractivity contribution in [1.29, 1.82) is 0 Å². The molecule has 0 atom stereocenters. The van der Waals surface area contributed by atoms with Crippen LogP contribution in [0, 0.1) is 0 Å². The van der Waals surface area contributed by atoms with Crippen LogP contribution in [0.1, 0.15) is 27.2 Å². The van der Waals surface area contributed by atoms with Gasteiger partial charge in [0.05, 0.1) is 33.2 Å². The average molecular weight is 553 g/mol. The Morgan fingerprint density at radius 2 is 1.66 bits per heavy atom. The second-order valence-corrected chi connectivity index (χ2v) is 8.99. The van der Waals surface area contributed by atoms with Crippen LogP contribution in [0.25, 0.3) is 27.5 Å². The molecule has 0 saturated carbocycles. The van der Waals surface area contributed by atoms with Crippen LogP contribution >= 0.6 is 11.3 Å². The molecule has 2 N–H and O–H groups in total. The first-order valence-corrected chi connectivity index (χ1v) is 11.6. The van der Waals surface area contributed by atoms with E-state index in [1.807, 2.05) is 0 Å².